The maximum absolute atomic E-state index is 5.66. The average molecular weight is 228 g/mol. The lowest BCUT2D eigenvalue weighted by Crippen LogP contribution is -2.07. The zero-order valence-electron chi connectivity index (χ0n) is 9.95. The largest absolute Gasteiger partial charge is 0.488 e. The van der Waals surface area contributed by atoms with E-state index >= 15 is 0 Å². The Morgan fingerprint density at radius 3 is 2.27 bits per heavy atom. The maximum atomic E-state index is 5.66. The van der Waals surface area contributed by atoms with Gasteiger partial charge in [0.2, 0.25) is 5.06 Å². The highest BCUT2D eigenvalue weighted by Crippen LogP contribution is 2.34. The van der Waals surface area contributed by atoms with E-state index in [4.69, 9.17) is 9.47 Å². The van der Waals surface area contributed by atoms with Crippen LogP contribution < -0.4 is 9.47 Å². The molecule has 0 bridgehead atoms. The third-order valence-electron chi connectivity index (χ3n) is 1.72. The summed E-state index contributed by atoms with van der Waals surface area (Å²) >= 11 is 1.60. The van der Waals surface area contributed by atoms with Gasteiger partial charge in [0.1, 0.15) is 0 Å². The van der Waals surface area contributed by atoms with Gasteiger partial charge in [0, 0.05) is 0 Å². The molecule has 1 rings (SSSR count). The van der Waals surface area contributed by atoms with Crippen molar-refractivity contribution in [1.29, 1.82) is 0 Å². The quantitative estimate of drug-likeness (QED) is 0.737. The van der Waals surface area contributed by atoms with E-state index in [-0.39, 0.29) is 0 Å². The average Bonchev–Trinajstić information content (AvgIpc) is 2.58. The Morgan fingerprint density at radius 1 is 1.07 bits per heavy atom. The minimum Gasteiger partial charge on any atom is -0.488 e. The van der Waals surface area contributed by atoms with Gasteiger partial charge in [0.15, 0.2) is 5.75 Å². The zero-order valence-corrected chi connectivity index (χ0v) is 10.8. The second kappa shape index (κ2) is 6.01. The van der Waals surface area contributed by atoms with E-state index < -0.39 is 0 Å². The normalized spacial score (nSPS) is 11.1. The minimum atomic E-state index is 0.544. The lowest BCUT2D eigenvalue weighted by atomic mass is 10.2. The first kappa shape index (κ1) is 12.4. The van der Waals surface area contributed by atoms with Gasteiger partial charge >= 0.3 is 0 Å². The molecule has 0 atom stereocenters. The molecule has 0 aliphatic carbocycles. The lowest BCUT2D eigenvalue weighted by Gasteiger charge is -2.11. The summed E-state index contributed by atoms with van der Waals surface area (Å²) in [6, 6.07) is 1.97. The predicted molar refractivity (Wildman–Crippen MR) is 65.0 cm³/mol. The molecule has 0 spiro atoms. The van der Waals surface area contributed by atoms with Crippen molar-refractivity contribution in [2.75, 3.05) is 13.2 Å². The predicted octanol–water partition coefficient (Wildman–Crippen LogP) is 3.82. The summed E-state index contributed by atoms with van der Waals surface area (Å²) in [6.07, 6.45) is 0. The summed E-state index contributed by atoms with van der Waals surface area (Å²) in [4.78, 5) is 0. The smallest absolute Gasteiger partial charge is 0.216 e. The van der Waals surface area contributed by atoms with Crippen LogP contribution in [0.4, 0.5) is 0 Å². The van der Waals surface area contributed by atoms with E-state index in [2.05, 4.69) is 27.7 Å². The van der Waals surface area contributed by atoms with Gasteiger partial charge in [-0.3, -0.25) is 0 Å². The van der Waals surface area contributed by atoms with Crippen molar-refractivity contribution in [2.45, 2.75) is 27.7 Å². The van der Waals surface area contributed by atoms with Crippen molar-refractivity contribution < 1.29 is 9.47 Å². The second-order valence-electron chi connectivity index (χ2n) is 4.48. The molecule has 0 aromatic carbocycles. The van der Waals surface area contributed by atoms with Gasteiger partial charge in [-0.05, 0) is 23.3 Å². The molecule has 1 aromatic rings. The lowest BCUT2D eigenvalue weighted by molar-refractivity contribution is 0.235. The van der Waals surface area contributed by atoms with Crippen molar-refractivity contribution >= 4 is 11.3 Å². The highest BCUT2D eigenvalue weighted by Gasteiger charge is 2.08. The van der Waals surface area contributed by atoms with Gasteiger partial charge in [-0.1, -0.05) is 27.7 Å². The molecule has 0 amide bonds. The summed E-state index contributed by atoms with van der Waals surface area (Å²) < 4.78 is 11.3. The fraction of sp³-hybridized carbons (Fsp3) is 0.667. The van der Waals surface area contributed by atoms with Gasteiger partial charge in [-0.15, -0.1) is 11.3 Å². The van der Waals surface area contributed by atoms with E-state index in [1.807, 2.05) is 11.4 Å². The SMILES string of the molecule is CC(C)COc1ccsc1OCC(C)C. The topological polar surface area (TPSA) is 18.5 Å². The van der Waals surface area contributed by atoms with Gasteiger partial charge in [-0.25, -0.2) is 0 Å². The first-order valence-electron chi connectivity index (χ1n) is 5.42. The van der Waals surface area contributed by atoms with E-state index in [9.17, 15) is 0 Å². The summed E-state index contributed by atoms with van der Waals surface area (Å²) in [5.41, 5.74) is 0. The molecular formula is C12H20O2S. The molecule has 15 heavy (non-hydrogen) atoms. The van der Waals surface area contributed by atoms with Crippen molar-refractivity contribution in [3.8, 4) is 10.8 Å². The number of hydrogen-bond acceptors (Lipinski definition) is 3. The molecule has 0 saturated heterocycles. The summed E-state index contributed by atoms with van der Waals surface area (Å²) in [6.45, 7) is 10.1. The number of thiophene rings is 1. The molecule has 0 fully saturated rings. The Kier molecular flexibility index (Phi) is 4.95. The molecule has 1 heterocycles. The van der Waals surface area contributed by atoms with Crippen molar-refractivity contribution in [3.63, 3.8) is 0 Å². The number of ether oxygens (including phenoxy) is 2. The third kappa shape index (κ3) is 4.56. The molecule has 0 radical (unpaired) electrons. The van der Waals surface area contributed by atoms with Crippen LogP contribution in [0.25, 0.3) is 0 Å². The molecule has 0 saturated carbocycles. The van der Waals surface area contributed by atoms with Crippen molar-refractivity contribution in [2.24, 2.45) is 11.8 Å². The van der Waals surface area contributed by atoms with Crippen LogP contribution in [0.1, 0.15) is 27.7 Å². The van der Waals surface area contributed by atoms with E-state index in [0.717, 1.165) is 24.0 Å². The van der Waals surface area contributed by atoms with E-state index in [1.165, 1.54) is 0 Å². The molecule has 0 aliphatic rings. The van der Waals surface area contributed by atoms with Crippen molar-refractivity contribution in [3.05, 3.63) is 11.4 Å². The minimum absolute atomic E-state index is 0.544. The zero-order chi connectivity index (χ0) is 11.3. The van der Waals surface area contributed by atoms with Crippen LogP contribution in [-0.2, 0) is 0 Å². The molecular weight excluding hydrogens is 208 g/mol. The molecule has 1 aromatic heterocycles. The van der Waals surface area contributed by atoms with Crippen LogP contribution in [-0.4, -0.2) is 13.2 Å². The molecule has 0 N–H and O–H groups in total. The van der Waals surface area contributed by atoms with E-state index in [1.54, 1.807) is 11.3 Å². The van der Waals surface area contributed by atoms with Crippen LogP contribution in [0.2, 0.25) is 0 Å². The maximum Gasteiger partial charge on any atom is 0.216 e. The first-order chi connectivity index (χ1) is 7.09. The Bertz CT molecular complexity index is 252. The van der Waals surface area contributed by atoms with Gasteiger partial charge in [-0.2, -0.15) is 0 Å². The molecule has 2 nitrogen and oxygen atoms in total. The second-order valence-corrected chi connectivity index (χ2v) is 5.36. The first-order valence-corrected chi connectivity index (χ1v) is 6.30. The van der Waals surface area contributed by atoms with Crippen LogP contribution in [0.3, 0.4) is 0 Å². The Labute approximate surface area is 96.2 Å². The van der Waals surface area contributed by atoms with Crippen LogP contribution in [0, 0.1) is 11.8 Å². The summed E-state index contributed by atoms with van der Waals surface area (Å²) in [5, 5.41) is 2.91. The van der Waals surface area contributed by atoms with Crippen LogP contribution >= 0.6 is 11.3 Å². The standard InChI is InChI=1S/C12H20O2S/c1-9(2)7-13-11-5-6-15-12(11)14-8-10(3)4/h5-6,9-10H,7-8H2,1-4H3. The third-order valence-corrected chi connectivity index (χ3v) is 2.52. The Hall–Kier alpha value is -0.700. The Balaban J connectivity index is 2.46. The number of rotatable bonds is 6. The molecule has 3 heteroatoms. The van der Waals surface area contributed by atoms with Crippen LogP contribution in [0.15, 0.2) is 11.4 Å². The monoisotopic (exact) mass is 228 g/mol. The molecule has 0 aliphatic heterocycles. The summed E-state index contributed by atoms with van der Waals surface area (Å²) in [5.74, 6) is 1.97. The fourth-order valence-electron chi connectivity index (χ4n) is 0.995. The fourth-order valence-corrected chi connectivity index (χ4v) is 1.69. The molecule has 86 valence electrons. The highest BCUT2D eigenvalue weighted by atomic mass is 32.1. The van der Waals surface area contributed by atoms with Gasteiger partial charge < -0.3 is 9.47 Å². The van der Waals surface area contributed by atoms with E-state index in [0.29, 0.717) is 11.8 Å². The van der Waals surface area contributed by atoms with Gasteiger partial charge in [0.25, 0.3) is 0 Å². The van der Waals surface area contributed by atoms with Gasteiger partial charge in [0.05, 0.1) is 13.2 Å². The number of hydrogen-bond donors (Lipinski definition) is 0. The molecule has 0 unspecified atom stereocenters. The Morgan fingerprint density at radius 2 is 1.67 bits per heavy atom. The highest BCUT2D eigenvalue weighted by molar-refractivity contribution is 7.12. The van der Waals surface area contributed by atoms with Crippen molar-refractivity contribution in [1.82, 2.24) is 0 Å². The summed E-state index contributed by atoms with van der Waals surface area (Å²) in [7, 11) is 0. The van der Waals surface area contributed by atoms with Crippen LogP contribution in [0.5, 0.6) is 10.8 Å².